The molecule has 182 valence electrons. The average molecular weight is 493 g/mol. The van der Waals surface area contributed by atoms with E-state index in [9.17, 15) is 9.59 Å². The lowest BCUT2D eigenvalue weighted by Gasteiger charge is -2.16. The SMILES string of the molecule is Cc1ccc(C=NNC(=O)c2cc(Cl)ccc2NC(=O)c2cccc(CN(C)CCO)c2)cc1C. The van der Waals surface area contributed by atoms with E-state index in [0.29, 0.717) is 29.4 Å². The molecular formula is C27H29ClN4O3. The lowest BCUT2D eigenvalue weighted by Crippen LogP contribution is -2.22. The van der Waals surface area contributed by atoms with Gasteiger partial charge in [0.15, 0.2) is 0 Å². The smallest absolute Gasteiger partial charge is 0.273 e. The van der Waals surface area contributed by atoms with Crippen LogP contribution in [0.15, 0.2) is 65.8 Å². The molecule has 0 spiro atoms. The van der Waals surface area contributed by atoms with Gasteiger partial charge in [-0.3, -0.25) is 14.5 Å². The Morgan fingerprint density at radius 1 is 1.03 bits per heavy atom. The zero-order valence-corrected chi connectivity index (χ0v) is 20.8. The van der Waals surface area contributed by atoms with Gasteiger partial charge in [-0.1, -0.05) is 41.9 Å². The maximum atomic E-state index is 12.9. The maximum absolute atomic E-state index is 12.9. The number of hydrogen-bond acceptors (Lipinski definition) is 5. The number of aryl methyl sites for hydroxylation is 2. The molecule has 0 aliphatic rings. The molecule has 0 heterocycles. The average Bonchev–Trinajstić information content (AvgIpc) is 2.82. The Balaban J connectivity index is 1.73. The van der Waals surface area contributed by atoms with Crippen molar-refractivity contribution in [1.29, 1.82) is 0 Å². The van der Waals surface area contributed by atoms with Crippen molar-refractivity contribution in [1.82, 2.24) is 10.3 Å². The van der Waals surface area contributed by atoms with Gasteiger partial charge in [0.05, 0.1) is 24.1 Å². The number of nitrogens with one attached hydrogen (secondary N) is 2. The van der Waals surface area contributed by atoms with Crippen LogP contribution in [0.1, 0.15) is 43.0 Å². The molecule has 0 unspecified atom stereocenters. The van der Waals surface area contributed by atoms with Gasteiger partial charge in [0.1, 0.15) is 0 Å². The summed E-state index contributed by atoms with van der Waals surface area (Å²) < 4.78 is 0. The van der Waals surface area contributed by atoms with Gasteiger partial charge in [-0.15, -0.1) is 0 Å². The number of carbonyl (C=O) groups is 2. The maximum Gasteiger partial charge on any atom is 0.273 e. The van der Waals surface area contributed by atoms with Crippen LogP contribution in [0.2, 0.25) is 5.02 Å². The minimum atomic E-state index is -0.498. The summed E-state index contributed by atoms with van der Waals surface area (Å²) in [5, 5.41) is 16.3. The standard InChI is InChI=1S/C27H29ClN4O3/c1-18-7-8-20(13-19(18)2)16-29-31-27(35)24-15-23(28)9-10-25(24)30-26(34)22-6-4-5-21(14-22)17-32(3)11-12-33/h4-10,13-16,33H,11-12,17H2,1-3H3,(H,30,34)(H,31,35). The molecule has 2 amide bonds. The first-order valence-electron chi connectivity index (χ1n) is 11.2. The molecule has 0 radical (unpaired) electrons. The van der Waals surface area contributed by atoms with Crippen molar-refractivity contribution in [2.24, 2.45) is 5.10 Å². The summed E-state index contributed by atoms with van der Waals surface area (Å²) >= 11 is 6.12. The highest BCUT2D eigenvalue weighted by atomic mass is 35.5. The number of aliphatic hydroxyl groups is 1. The Morgan fingerprint density at radius 3 is 2.57 bits per heavy atom. The predicted octanol–water partition coefficient (Wildman–Crippen LogP) is 4.40. The van der Waals surface area contributed by atoms with Crippen LogP contribution in [0.25, 0.3) is 0 Å². The normalized spacial score (nSPS) is 11.1. The van der Waals surface area contributed by atoms with Crippen LogP contribution in [-0.2, 0) is 6.54 Å². The molecule has 0 aliphatic carbocycles. The summed E-state index contributed by atoms with van der Waals surface area (Å²) in [6.07, 6.45) is 1.56. The highest BCUT2D eigenvalue weighted by molar-refractivity contribution is 6.31. The molecule has 3 N–H and O–H groups in total. The van der Waals surface area contributed by atoms with Crippen LogP contribution in [0, 0.1) is 13.8 Å². The molecule has 0 saturated carbocycles. The number of amides is 2. The van der Waals surface area contributed by atoms with Gasteiger partial charge in [-0.05, 0) is 73.5 Å². The van der Waals surface area contributed by atoms with Crippen LogP contribution in [0.3, 0.4) is 0 Å². The zero-order chi connectivity index (χ0) is 25.4. The summed E-state index contributed by atoms with van der Waals surface area (Å²) in [5.74, 6) is -0.853. The third-order valence-corrected chi connectivity index (χ3v) is 5.74. The summed E-state index contributed by atoms with van der Waals surface area (Å²) in [4.78, 5) is 27.7. The number of rotatable bonds is 9. The fraction of sp³-hybridized carbons (Fsp3) is 0.222. The molecule has 35 heavy (non-hydrogen) atoms. The zero-order valence-electron chi connectivity index (χ0n) is 20.0. The van der Waals surface area contributed by atoms with Gasteiger partial charge in [0.25, 0.3) is 11.8 Å². The van der Waals surface area contributed by atoms with Crippen LogP contribution >= 0.6 is 11.6 Å². The summed E-state index contributed by atoms with van der Waals surface area (Å²) in [6.45, 7) is 5.22. The van der Waals surface area contributed by atoms with E-state index in [1.54, 1.807) is 36.5 Å². The van der Waals surface area contributed by atoms with Crippen molar-refractivity contribution in [2.45, 2.75) is 20.4 Å². The summed E-state index contributed by atoms with van der Waals surface area (Å²) in [5.41, 5.74) is 7.56. The summed E-state index contributed by atoms with van der Waals surface area (Å²) in [7, 11) is 1.89. The minimum Gasteiger partial charge on any atom is -0.395 e. The van der Waals surface area contributed by atoms with Crippen molar-refractivity contribution in [3.05, 3.63) is 99.1 Å². The molecule has 0 aliphatic heterocycles. The highest BCUT2D eigenvalue weighted by Gasteiger charge is 2.15. The number of aliphatic hydroxyl groups excluding tert-OH is 1. The van der Waals surface area contributed by atoms with E-state index in [1.807, 2.05) is 50.1 Å². The predicted molar refractivity (Wildman–Crippen MR) is 140 cm³/mol. The van der Waals surface area contributed by atoms with E-state index in [-0.39, 0.29) is 18.1 Å². The number of carbonyl (C=O) groups excluding carboxylic acids is 2. The van der Waals surface area contributed by atoms with Crippen LogP contribution in [0.5, 0.6) is 0 Å². The molecule has 0 aromatic heterocycles. The highest BCUT2D eigenvalue weighted by Crippen LogP contribution is 2.22. The first-order valence-corrected chi connectivity index (χ1v) is 11.5. The first-order chi connectivity index (χ1) is 16.8. The Bertz CT molecular complexity index is 1240. The Kier molecular flexibility index (Phi) is 9.14. The molecular weight excluding hydrogens is 464 g/mol. The second-order valence-corrected chi connectivity index (χ2v) is 8.79. The van der Waals surface area contributed by atoms with Crippen LogP contribution in [0.4, 0.5) is 5.69 Å². The van der Waals surface area contributed by atoms with Crippen molar-refractivity contribution < 1.29 is 14.7 Å². The monoisotopic (exact) mass is 492 g/mol. The Hall–Kier alpha value is -3.52. The fourth-order valence-electron chi connectivity index (χ4n) is 3.45. The lowest BCUT2D eigenvalue weighted by molar-refractivity contribution is 0.0956. The lowest BCUT2D eigenvalue weighted by atomic mass is 10.1. The van der Waals surface area contributed by atoms with Gasteiger partial charge in [0.2, 0.25) is 0 Å². The molecule has 3 rings (SSSR count). The van der Waals surface area contributed by atoms with Gasteiger partial charge >= 0.3 is 0 Å². The van der Waals surface area contributed by atoms with Gasteiger partial charge in [-0.2, -0.15) is 5.10 Å². The number of halogens is 1. The first kappa shape index (κ1) is 26.1. The molecule has 3 aromatic rings. The van der Waals surface area contributed by atoms with Gasteiger partial charge < -0.3 is 10.4 Å². The fourth-order valence-corrected chi connectivity index (χ4v) is 3.62. The molecule has 0 bridgehead atoms. The number of benzene rings is 3. The van der Waals surface area contributed by atoms with Crippen molar-refractivity contribution in [3.8, 4) is 0 Å². The van der Waals surface area contributed by atoms with E-state index in [0.717, 1.165) is 16.7 Å². The van der Waals surface area contributed by atoms with E-state index in [1.165, 1.54) is 11.6 Å². The molecule has 0 fully saturated rings. The quantitative estimate of drug-likeness (QED) is 0.305. The molecule has 7 nitrogen and oxygen atoms in total. The third-order valence-electron chi connectivity index (χ3n) is 5.51. The molecule has 8 heteroatoms. The minimum absolute atomic E-state index is 0.0623. The number of likely N-dealkylation sites (N-methyl/N-ethyl adjacent to an activating group) is 1. The van der Waals surface area contributed by atoms with Crippen molar-refractivity contribution in [3.63, 3.8) is 0 Å². The molecule has 3 aromatic carbocycles. The van der Waals surface area contributed by atoms with E-state index >= 15 is 0 Å². The second-order valence-electron chi connectivity index (χ2n) is 8.35. The third kappa shape index (κ3) is 7.48. The van der Waals surface area contributed by atoms with E-state index in [2.05, 4.69) is 15.8 Å². The van der Waals surface area contributed by atoms with Gasteiger partial charge in [0, 0.05) is 23.7 Å². The Morgan fingerprint density at radius 2 is 1.83 bits per heavy atom. The Labute approximate surface area is 210 Å². The van der Waals surface area contributed by atoms with Crippen LogP contribution in [-0.4, -0.2) is 48.2 Å². The number of anilines is 1. The largest absolute Gasteiger partial charge is 0.395 e. The van der Waals surface area contributed by atoms with Crippen LogP contribution < -0.4 is 10.7 Å². The second kappa shape index (κ2) is 12.3. The van der Waals surface area contributed by atoms with Crippen molar-refractivity contribution >= 4 is 35.3 Å². The van der Waals surface area contributed by atoms with Crippen molar-refractivity contribution in [2.75, 3.05) is 25.5 Å². The summed E-state index contributed by atoms with van der Waals surface area (Å²) in [6, 6.07) is 17.8. The number of hydrogen-bond donors (Lipinski definition) is 3. The molecule has 0 saturated heterocycles. The van der Waals surface area contributed by atoms with E-state index in [4.69, 9.17) is 16.7 Å². The topological polar surface area (TPSA) is 94.0 Å². The van der Waals surface area contributed by atoms with E-state index < -0.39 is 5.91 Å². The number of hydrazone groups is 1. The number of nitrogens with zero attached hydrogens (tertiary/aromatic N) is 2. The van der Waals surface area contributed by atoms with Gasteiger partial charge in [-0.25, -0.2) is 5.43 Å². The molecule has 0 atom stereocenters.